The Balaban J connectivity index is 2.34. The molecule has 0 unspecified atom stereocenters. The average molecular weight is 217 g/mol. The maximum absolute atomic E-state index is 5.69. The Morgan fingerprint density at radius 1 is 1.31 bits per heavy atom. The van der Waals surface area contributed by atoms with E-state index in [-0.39, 0.29) is 5.41 Å². The first kappa shape index (κ1) is 10.8. The molecule has 2 aromatic rings. The first-order valence-electron chi connectivity index (χ1n) is 5.20. The second-order valence-corrected chi connectivity index (χ2v) is 4.36. The van der Waals surface area contributed by atoms with Gasteiger partial charge in [0.15, 0.2) is 0 Å². The van der Waals surface area contributed by atoms with E-state index < -0.39 is 0 Å². The van der Waals surface area contributed by atoms with Gasteiger partial charge in [-0.3, -0.25) is 4.98 Å². The molecule has 2 rings (SSSR count). The zero-order valence-corrected chi connectivity index (χ0v) is 9.47. The van der Waals surface area contributed by atoms with Crippen molar-refractivity contribution < 1.29 is 4.42 Å². The van der Waals surface area contributed by atoms with Crippen molar-refractivity contribution in [2.24, 2.45) is 5.73 Å². The molecule has 84 valence electrons. The van der Waals surface area contributed by atoms with E-state index in [0.717, 1.165) is 11.3 Å². The summed E-state index contributed by atoms with van der Waals surface area (Å²) in [4.78, 5) is 8.40. The van der Waals surface area contributed by atoms with Gasteiger partial charge in [-0.2, -0.15) is 0 Å². The molecule has 0 aliphatic carbocycles. The van der Waals surface area contributed by atoms with Crippen LogP contribution in [0.3, 0.4) is 0 Å². The third-order valence-electron chi connectivity index (χ3n) is 2.64. The minimum absolute atomic E-state index is 0.158. The normalized spacial score (nSPS) is 11.7. The van der Waals surface area contributed by atoms with E-state index >= 15 is 0 Å². The zero-order valence-electron chi connectivity index (χ0n) is 9.47. The molecule has 0 spiro atoms. The highest BCUT2D eigenvalue weighted by Gasteiger charge is 2.23. The monoisotopic (exact) mass is 217 g/mol. The van der Waals surface area contributed by atoms with E-state index in [1.165, 1.54) is 0 Å². The lowest BCUT2D eigenvalue weighted by Gasteiger charge is -2.18. The van der Waals surface area contributed by atoms with Gasteiger partial charge in [-0.1, -0.05) is 13.8 Å². The standard InChI is InChI=1S/C12H15N3O/c1-12(2,8-13)10-7-16-11(15-10)9-3-5-14-6-4-9/h3-7H,8,13H2,1-2H3. The summed E-state index contributed by atoms with van der Waals surface area (Å²) in [5, 5.41) is 0. The van der Waals surface area contributed by atoms with Crippen LogP contribution in [0, 0.1) is 0 Å². The largest absolute Gasteiger partial charge is 0.444 e. The predicted molar refractivity (Wildman–Crippen MR) is 61.8 cm³/mol. The number of pyridine rings is 1. The Morgan fingerprint density at radius 2 is 2.00 bits per heavy atom. The highest BCUT2D eigenvalue weighted by molar-refractivity contribution is 5.51. The lowest BCUT2D eigenvalue weighted by Crippen LogP contribution is -2.28. The predicted octanol–water partition coefficient (Wildman–Crippen LogP) is 1.97. The van der Waals surface area contributed by atoms with Crippen LogP contribution in [-0.2, 0) is 5.41 Å². The van der Waals surface area contributed by atoms with Crippen LogP contribution in [0.15, 0.2) is 35.2 Å². The van der Waals surface area contributed by atoms with Gasteiger partial charge in [-0.15, -0.1) is 0 Å². The summed E-state index contributed by atoms with van der Waals surface area (Å²) in [6.07, 6.45) is 5.10. The highest BCUT2D eigenvalue weighted by atomic mass is 16.3. The molecule has 0 saturated carbocycles. The molecule has 0 radical (unpaired) electrons. The molecule has 0 aliphatic heterocycles. The molecule has 16 heavy (non-hydrogen) atoms. The minimum Gasteiger partial charge on any atom is -0.444 e. The molecule has 2 heterocycles. The summed E-state index contributed by atoms with van der Waals surface area (Å²) in [6.45, 7) is 4.62. The number of hydrogen-bond acceptors (Lipinski definition) is 4. The van der Waals surface area contributed by atoms with Crippen molar-refractivity contribution in [3.63, 3.8) is 0 Å². The maximum atomic E-state index is 5.69. The molecule has 4 heteroatoms. The summed E-state index contributed by atoms with van der Waals surface area (Å²) in [7, 11) is 0. The molecule has 0 amide bonds. The lowest BCUT2D eigenvalue weighted by atomic mass is 9.90. The number of oxazole rings is 1. The van der Waals surface area contributed by atoms with Crippen LogP contribution in [0.2, 0.25) is 0 Å². The van der Waals surface area contributed by atoms with Crippen LogP contribution in [0.25, 0.3) is 11.5 Å². The quantitative estimate of drug-likeness (QED) is 0.853. The van der Waals surface area contributed by atoms with E-state index in [4.69, 9.17) is 10.2 Å². The van der Waals surface area contributed by atoms with E-state index in [2.05, 4.69) is 9.97 Å². The minimum atomic E-state index is -0.158. The van der Waals surface area contributed by atoms with Crippen molar-refractivity contribution in [1.29, 1.82) is 0 Å². The molecule has 0 fully saturated rings. The molecular weight excluding hydrogens is 202 g/mol. The summed E-state index contributed by atoms with van der Waals surface area (Å²) >= 11 is 0. The van der Waals surface area contributed by atoms with E-state index in [1.807, 2.05) is 26.0 Å². The van der Waals surface area contributed by atoms with Gasteiger partial charge in [0.2, 0.25) is 5.89 Å². The third kappa shape index (κ3) is 1.97. The SMILES string of the molecule is CC(C)(CN)c1coc(-c2ccncc2)n1. The topological polar surface area (TPSA) is 64.9 Å². The molecule has 4 nitrogen and oxygen atoms in total. The lowest BCUT2D eigenvalue weighted by molar-refractivity contribution is 0.512. The number of nitrogens with zero attached hydrogens (tertiary/aromatic N) is 2. The van der Waals surface area contributed by atoms with E-state index in [0.29, 0.717) is 12.4 Å². The molecule has 0 bridgehead atoms. The van der Waals surface area contributed by atoms with Crippen LogP contribution in [-0.4, -0.2) is 16.5 Å². The summed E-state index contributed by atoms with van der Waals surface area (Å²) in [5.41, 5.74) is 7.34. The molecule has 0 aliphatic rings. The first-order chi connectivity index (χ1) is 7.63. The Bertz CT molecular complexity index is 462. The maximum Gasteiger partial charge on any atom is 0.226 e. The van der Waals surface area contributed by atoms with Crippen molar-refractivity contribution >= 4 is 0 Å². The van der Waals surface area contributed by atoms with Crippen LogP contribution in [0.1, 0.15) is 19.5 Å². The molecule has 0 atom stereocenters. The number of rotatable bonds is 3. The Hall–Kier alpha value is -1.68. The zero-order chi connectivity index (χ0) is 11.6. The summed E-state index contributed by atoms with van der Waals surface area (Å²) in [6, 6.07) is 3.73. The van der Waals surface area contributed by atoms with Gasteiger partial charge in [-0.25, -0.2) is 4.98 Å². The number of hydrogen-bond donors (Lipinski definition) is 1. The molecule has 2 aromatic heterocycles. The van der Waals surface area contributed by atoms with Crippen molar-refractivity contribution in [2.45, 2.75) is 19.3 Å². The molecule has 0 saturated heterocycles. The van der Waals surface area contributed by atoms with Crippen molar-refractivity contribution in [3.8, 4) is 11.5 Å². The molecular formula is C12H15N3O. The fraction of sp³-hybridized carbons (Fsp3) is 0.333. The fourth-order valence-corrected chi connectivity index (χ4v) is 1.32. The smallest absolute Gasteiger partial charge is 0.226 e. The number of aromatic nitrogens is 2. The first-order valence-corrected chi connectivity index (χ1v) is 5.20. The Morgan fingerprint density at radius 3 is 2.62 bits per heavy atom. The Kier molecular flexibility index (Phi) is 2.75. The highest BCUT2D eigenvalue weighted by Crippen LogP contribution is 2.25. The molecule has 2 N–H and O–H groups in total. The van der Waals surface area contributed by atoms with E-state index in [1.54, 1.807) is 18.7 Å². The molecule has 0 aromatic carbocycles. The average Bonchev–Trinajstić information content (AvgIpc) is 2.80. The van der Waals surface area contributed by atoms with Crippen LogP contribution < -0.4 is 5.73 Å². The fourth-order valence-electron chi connectivity index (χ4n) is 1.32. The summed E-state index contributed by atoms with van der Waals surface area (Å²) in [5.74, 6) is 0.610. The van der Waals surface area contributed by atoms with E-state index in [9.17, 15) is 0 Å². The summed E-state index contributed by atoms with van der Waals surface area (Å²) < 4.78 is 5.44. The van der Waals surface area contributed by atoms with Gasteiger partial charge >= 0.3 is 0 Å². The van der Waals surface area contributed by atoms with Gasteiger partial charge in [-0.05, 0) is 12.1 Å². The van der Waals surface area contributed by atoms with Crippen LogP contribution in [0.5, 0.6) is 0 Å². The van der Waals surface area contributed by atoms with Crippen LogP contribution in [0.4, 0.5) is 0 Å². The second-order valence-electron chi connectivity index (χ2n) is 4.36. The van der Waals surface area contributed by atoms with Gasteiger partial charge in [0.05, 0.1) is 5.69 Å². The number of nitrogens with two attached hydrogens (primary N) is 1. The van der Waals surface area contributed by atoms with Gasteiger partial charge in [0.25, 0.3) is 0 Å². The van der Waals surface area contributed by atoms with Crippen LogP contribution >= 0.6 is 0 Å². The second kappa shape index (κ2) is 4.06. The van der Waals surface area contributed by atoms with Crippen molar-refractivity contribution in [1.82, 2.24) is 9.97 Å². The van der Waals surface area contributed by atoms with Crippen molar-refractivity contribution in [3.05, 3.63) is 36.5 Å². The van der Waals surface area contributed by atoms with Crippen molar-refractivity contribution in [2.75, 3.05) is 6.54 Å². The Labute approximate surface area is 94.5 Å². The van der Waals surface area contributed by atoms with Gasteiger partial charge < -0.3 is 10.2 Å². The van der Waals surface area contributed by atoms with Gasteiger partial charge in [0.1, 0.15) is 6.26 Å². The van der Waals surface area contributed by atoms with Gasteiger partial charge in [0, 0.05) is 29.9 Å². The third-order valence-corrected chi connectivity index (χ3v) is 2.64.